The van der Waals surface area contributed by atoms with Gasteiger partial charge in [0.1, 0.15) is 6.10 Å². The maximum Gasteiger partial charge on any atom is 0.305 e. The number of carbonyl (C=O) groups excluding carboxylic acids is 1. The molecule has 4 heteroatoms. The SMILES string of the molecule is CCOC(=O)CCCC(O)C#CC=CC=CC(O)CC#CC1CCCCC1. The highest BCUT2D eigenvalue weighted by molar-refractivity contribution is 5.69. The van der Waals surface area contributed by atoms with Crippen LogP contribution in [0.4, 0.5) is 0 Å². The first-order chi connectivity index (χ1) is 13.1. The topological polar surface area (TPSA) is 66.8 Å². The molecule has 148 valence electrons. The zero-order valence-corrected chi connectivity index (χ0v) is 16.3. The lowest BCUT2D eigenvalue weighted by atomic mass is 9.90. The molecule has 1 fully saturated rings. The predicted molar refractivity (Wildman–Crippen MR) is 108 cm³/mol. The number of rotatable bonds is 8. The van der Waals surface area contributed by atoms with Crippen molar-refractivity contribution in [3.05, 3.63) is 24.3 Å². The quantitative estimate of drug-likeness (QED) is 0.389. The summed E-state index contributed by atoms with van der Waals surface area (Å²) in [6.45, 7) is 2.14. The summed E-state index contributed by atoms with van der Waals surface area (Å²) in [5.41, 5.74) is 0. The van der Waals surface area contributed by atoms with Gasteiger partial charge >= 0.3 is 5.97 Å². The van der Waals surface area contributed by atoms with Crippen molar-refractivity contribution < 1.29 is 19.7 Å². The van der Waals surface area contributed by atoms with Gasteiger partial charge in [-0.25, -0.2) is 0 Å². The van der Waals surface area contributed by atoms with E-state index in [1.54, 1.807) is 31.2 Å². The van der Waals surface area contributed by atoms with Crippen molar-refractivity contribution in [2.45, 2.75) is 76.9 Å². The zero-order chi connectivity index (χ0) is 19.7. The van der Waals surface area contributed by atoms with Gasteiger partial charge in [-0.05, 0) is 38.7 Å². The molecule has 4 nitrogen and oxygen atoms in total. The summed E-state index contributed by atoms with van der Waals surface area (Å²) in [5, 5.41) is 19.6. The largest absolute Gasteiger partial charge is 0.466 e. The summed E-state index contributed by atoms with van der Waals surface area (Å²) < 4.78 is 4.82. The van der Waals surface area contributed by atoms with Crippen LogP contribution in [0, 0.1) is 29.6 Å². The summed E-state index contributed by atoms with van der Waals surface area (Å²) in [6, 6.07) is 0. The molecule has 1 saturated carbocycles. The van der Waals surface area contributed by atoms with Crippen LogP contribution in [0.25, 0.3) is 0 Å². The van der Waals surface area contributed by atoms with Crippen LogP contribution in [0.3, 0.4) is 0 Å². The normalized spacial score (nSPS) is 17.0. The van der Waals surface area contributed by atoms with E-state index >= 15 is 0 Å². The van der Waals surface area contributed by atoms with Crippen molar-refractivity contribution in [3.63, 3.8) is 0 Å². The highest BCUT2D eigenvalue weighted by Gasteiger charge is 2.09. The van der Waals surface area contributed by atoms with E-state index in [4.69, 9.17) is 4.74 Å². The number of hydrogen-bond acceptors (Lipinski definition) is 4. The minimum atomic E-state index is -0.756. The average molecular weight is 373 g/mol. The molecule has 2 unspecified atom stereocenters. The third kappa shape index (κ3) is 12.9. The lowest BCUT2D eigenvalue weighted by Gasteiger charge is -2.15. The highest BCUT2D eigenvalue weighted by Crippen LogP contribution is 2.22. The first kappa shape index (κ1) is 23.0. The molecule has 0 radical (unpaired) electrons. The first-order valence-corrected chi connectivity index (χ1v) is 9.96. The lowest BCUT2D eigenvalue weighted by molar-refractivity contribution is -0.143. The Bertz CT molecular complexity index is 591. The Morgan fingerprint density at radius 3 is 2.74 bits per heavy atom. The van der Waals surface area contributed by atoms with Crippen LogP contribution in [-0.2, 0) is 9.53 Å². The molecule has 0 saturated heterocycles. The molecule has 0 amide bonds. The third-order valence-electron chi connectivity index (χ3n) is 4.26. The molecule has 0 aromatic heterocycles. The molecule has 1 aliphatic carbocycles. The Morgan fingerprint density at radius 1 is 1.22 bits per heavy atom. The first-order valence-electron chi connectivity index (χ1n) is 9.96. The molecular formula is C23H32O4. The predicted octanol–water partition coefficient (Wildman–Crippen LogP) is 3.53. The van der Waals surface area contributed by atoms with Crippen molar-refractivity contribution in [1.29, 1.82) is 0 Å². The van der Waals surface area contributed by atoms with Crippen LogP contribution in [-0.4, -0.2) is 35.0 Å². The van der Waals surface area contributed by atoms with Gasteiger partial charge in [-0.15, -0.1) is 0 Å². The fraction of sp³-hybridized carbons (Fsp3) is 0.609. The Labute approximate surface area is 163 Å². The number of allylic oxidation sites excluding steroid dienone is 3. The van der Waals surface area contributed by atoms with Gasteiger partial charge in [-0.3, -0.25) is 4.79 Å². The average Bonchev–Trinajstić information content (AvgIpc) is 2.65. The summed E-state index contributed by atoms with van der Waals surface area (Å²) in [5.74, 6) is 12.1. The number of aliphatic hydroxyl groups is 2. The molecule has 2 atom stereocenters. The number of aliphatic hydroxyl groups excluding tert-OH is 2. The lowest BCUT2D eigenvalue weighted by Crippen LogP contribution is -2.07. The Balaban J connectivity index is 2.18. The van der Waals surface area contributed by atoms with E-state index < -0.39 is 12.2 Å². The summed E-state index contributed by atoms with van der Waals surface area (Å²) in [6.07, 6.45) is 13.4. The molecular weight excluding hydrogens is 340 g/mol. The number of carbonyl (C=O) groups is 1. The van der Waals surface area contributed by atoms with Crippen molar-refractivity contribution in [3.8, 4) is 23.7 Å². The molecule has 0 aliphatic heterocycles. The zero-order valence-electron chi connectivity index (χ0n) is 16.3. The van der Waals surface area contributed by atoms with Gasteiger partial charge in [0.05, 0.1) is 12.7 Å². The van der Waals surface area contributed by atoms with Crippen LogP contribution >= 0.6 is 0 Å². The Kier molecular flexibility index (Phi) is 12.9. The van der Waals surface area contributed by atoms with Gasteiger partial charge in [-0.2, -0.15) is 0 Å². The van der Waals surface area contributed by atoms with Crippen LogP contribution < -0.4 is 0 Å². The molecule has 1 rings (SSSR count). The van der Waals surface area contributed by atoms with Gasteiger partial charge in [0, 0.05) is 18.8 Å². The van der Waals surface area contributed by atoms with E-state index in [0.29, 0.717) is 38.2 Å². The second kappa shape index (κ2) is 15.1. The smallest absolute Gasteiger partial charge is 0.305 e. The van der Waals surface area contributed by atoms with Crippen LogP contribution in [0.2, 0.25) is 0 Å². The van der Waals surface area contributed by atoms with Gasteiger partial charge in [0.15, 0.2) is 0 Å². The van der Waals surface area contributed by atoms with Gasteiger partial charge in [0.25, 0.3) is 0 Å². The van der Waals surface area contributed by atoms with Crippen LogP contribution in [0.15, 0.2) is 24.3 Å². The number of ether oxygens (including phenoxy) is 1. The van der Waals surface area contributed by atoms with Crippen LogP contribution in [0.5, 0.6) is 0 Å². The van der Waals surface area contributed by atoms with E-state index in [1.165, 1.54) is 32.1 Å². The maximum atomic E-state index is 11.2. The minimum Gasteiger partial charge on any atom is -0.466 e. The second-order valence-electron chi connectivity index (χ2n) is 6.67. The molecule has 0 heterocycles. The third-order valence-corrected chi connectivity index (χ3v) is 4.26. The Morgan fingerprint density at radius 2 is 2.00 bits per heavy atom. The van der Waals surface area contributed by atoms with Gasteiger partial charge in [0.2, 0.25) is 0 Å². The number of hydrogen-bond donors (Lipinski definition) is 2. The van der Waals surface area contributed by atoms with Crippen molar-refractivity contribution in [2.24, 2.45) is 5.92 Å². The van der Waals surface area contributed by atoms with Crippen LogP contribution in [0.1, 0.15) is 64.7 Å². The van der Waals surface area contributed by atoms with E-state index in [-0.39, 0.29) is 5.97 Å². The van der Waals surface area contributed by atoms with E-state index in [9.17, 15) is 15.0 Å². The molecule has 2 N–H and O–H groups in total. The standard InChI is InChI=1S/C23H32O4/c1-2-27-23(26)19-11-18-22(25)16-9-4-3-8-15-21(24)17-10-14-20-12-6-5-7-13-20/h3-4,8,15,20-22,24-25H,2,5-7,11-13,17-19H2,1H3. The molecule has 0 spiro atoms. The highest BCUT2D eigenvalue weighted by atomic mass is 16.5. The van der Waals surface area contributed by atoms with Gasteiger partial charge < -0.3 is 14.9 Å². The molecule has 0 bridgehead atoms. The van der Waals surface area contributed by atoms with Crippen molar-refractivity contribution in [1.82, 2.24) is 0 Å². The maximum absolute atomic E-state index is 11.2. The minimum absolute atomic E-state index is 0.246. The van der Waals surface area contributed by atoms with Crippen molar-refractivity contribution >= 4 is 5.97 Å². The molecule has 1 aliphatic rings. The van der Waals surface area contributed by atoms with Gasteiger partial charge in [-0.1, -0.05) is 61.2 Å². The summed E-state index contributed by atoms with van der Waals surface area (Å²) in [7, 11) is 0. The second-order valence-corrected chi connectivity index (χ2v) is 6.67. The molecule has 0 aromatic carbocycles. The Hall–Kier alpha value is -2.01. The fourth-order valence-corrected chi connectivity index (χ4v) is 2.81. The van der Waals surface area contributed by atoms with E-state index in [1.807, 2.05) is 0 Å². The summed E-state index contributed by atoms with van der Waals surface area (Å²) >= 11 is 0. The van der Waals surface area contributed by atoms with Crippen molar-refractivity contribution in [2.75, 3.05) is 6.61 Å². The monoisotopic (exact) mass is 372 g/mol. The van der Waals surface area contributed by atoms with E-state index in [2.05, 4.69) is 23.7 Å². The summed E-state index contributed by atoms with van der Waals surface area (Å²) in [4.78, 5) is 11.2. The fourth-order valence-electron chi connectivity index (χ4n) is 2.81. The van der Waals surface area contributed by atoms with E-state index in [0.717, 1.165) is 0 Å². The molecule has 27 heavy (non-hydrogen) atoms. The number of esters is 1. The molecule has 0 aromatic rings.